The van der Waals surface area contributed by atoms with Crippen LogP contribution in [0.15, 0.2) is 18.2 Å². The van der Waals surface area contributed by atoms with E-state index in [0.717, 1.165) is 16.7 Å². The Labute approximate surface area is 102 Å². The summed E-state index contributed by atoms with van der Waals surface area (Å²) in [6, 6.07) is 5.78. The van der Waals surface area contributed by atoms with E-state index >= 15 is 0 Å². The number of aryl methyl sites for hydroxylation is 1. The predicted molar refractivity (Wildman–Crippen MR) is 65.6 cm³/mol. The van der Waals surface area contributed by atoms with Gasteiger partial charge < -0.3 is 4.74 Å². The Kier molecular flexibility index (Phi) is 4.88. The summed E-state index contributed by atoms with van der Waals surface area (Å²) in [5.74, 6) is -0.917. The Hall–Kier alpha value is -1.64. The summed E-state index contributed by atoms with van der Waals surface area (Å²) in [7, 11) is 0. The van der Waals surface area contributed by atoms with Crippen LogP contribution in [0.4, 0.5) is 0 Å². The molecular weight excluding hydrogens is 216 g/mol. The molecule has 0 saturated heterocycles. The lowest BCUT2D eigenvalue weighted by molar-refractivity contribution is -0.159. The first-order chi connectivity index (χ1) is 8.04. The van der Waals surface area contributed by atoms with Crippen LogP contribution in [0.1, 0.15) is 36.5 Å². The largest absolute Gasteiger partial charge is 0.393 e. The van der Waals surface area contributed by atoms with Gasteiger partial charge in [0.05, 0.1) is 6.42 Å². The Bertz CT molecular complexity index is 421. The van der Waals surface area contributed by atoms with E-state index in [1.165, 1.54) is 0 Å². The van der Waals surface area contributed by atoms with Crippen LogP contribution in [-0.4, -0.2) is 11.9 Å². The molecule has 1 aromatic carbocycles. The molecular formula is C14H18O3. The summed E-state index contributed by atoms with van der Waals surface area (Å²) >= 11 is 0. The molecule has 0 spiro atoms. The molecule has 0 saturated carbocycles. The maximum absolute atomic E-state index is 11.5. The van der Waals surface area contributed by atoms with E-state index in [2.05, 4.69) is 0 Å². The molecule has 3 nitrogen and oxygen atoms in total. The fourth-order valence-electron chi connectivity index (χ4n) is 1.58. The van der Waals surface area contributed by atoms with Crippen LogP contribution in [0, 0.1) is 13.8 Å². The van der Waals surface area contributed by atoms with E-state index in [-0.39, 0.29) is 6.42 Å². The van der Waals surface area contributed by atoms with Gasteiger partial charge in [0.15, 0.2) is 0 Å². The molecule has 0 aliphatic carbocycles. The fourth-order valence-corrected chi connectivity index (χ4v) is 1.58. The number of hydrogen-bond acceptors (Lipinski definition) is 3. The third-order valence-electron chi connectivity index (χ3n) is 2.73. The van der Waals surface area contributed by atoms with Crippen molar-refractivity contribution in [2.45, 2.75) is 40.0 Å². The molecule has 0 atom stereocenters. The van der Waals surface area contributed by atoms with Crippen molar-refractivity contribution in [3.05, 3.63) is 34.9 Å². The summed E-state index contributed by atoms with van der Waals surface area (Å²) in [6.45, 7) is 5.83. The van der Waals surface area contributed by atoms with Gasteiger partial charge in [-0.15, -0.1) is 0 Å². The van der Waals surface area contributed by atoms with Gasteiger partial charge in [-0.1, -0.05) is 25.1 Å². The number of benzene rings is 1. The number of esters is 2. The van der Waals surface area contributed by atoms with Crippen LogP contribution in [0.5, 0.6) is 0 Å². The molecule has 92 valence electrons. The number of ether oxygens (including phenoxy) is 1. The van der Waals surface area contributed by atoms with Crippen molar-refractivity contribution >= 4 is 11.9 Å². The molecule has 3 heteroatoms. The predicted octanol–water partition coefficient (Wildman–Crippen LogP) is 2.72. The quantitative estimate of drug-likeness (QED) is 0.594. The van der Waals surface area contributed by atoms with Gasteiger partial charge in [0.25, 0.3) is 0 Å². The zero-order valence-electron chi connectivity index (χ0n) is 10.6. The second kappa shape index (κ2) is 6.18. The molecule has 17 heavy (non-hydrogen) atoms. The monoisotopic (exact) mass is 234 g/mol. The second-order valence-electron chi connectivity index (χ2n) is 4.13. The fraction of sp³-hybridized carbons (Fsp3) is 0.429. The van der Waals surface area contributed by atoms with Crippen molar-refractivity contribution in [2.75, 3.05) is 0 Å². The standard InChI is InChI=1S/C14H18O3/c1-4-6-13(15)17-14(16)9-12-8-5-7-10(2)11(12)3/h5,7-8H,4,6,9H2,1-3H3. The molecule has 1 rings (SSSR count). The van der Waals surface area contributed by atoms with Crippen LogP contribution in [0.25, 0.3) is 0 Å². The maximum atomic E-state index is 11.5. The minimum Gasteiger partial charge on any atom is -0.393 e. The van der Waals surface area contributed by atoms with E-state index in [9.17, 15) is 9.59 Å². The summed E-state index contributed by atoms with van der Waals surface area (Å²) in [5.41, 5.74) is 3.13. The smallest absolute Gasteiger partial charge is 0.317 e. The molecule has 1 aromatic rings. The van der Waals surface area contributed by atoms with Gasteiger partial charge >= 0.3 is 11.9 Å². The summed E-state index contributed by atoms with van der Waals surface area (Å²) in [5, 5.41) is 0. The summed E-state index contributed by atoms with van der Waals surface area (Å²) < 4.78 is 4.71. The first-order valence-corrected chi connectivity index (χ1v) is 5.83. The normalized spacial score (nSPS) is 10.1. The van der Waals surface area contributed by atoms with Gasteiger partial charge in [0.1, 0.15) is 0 Å². The molecule has 0 bridgehead atoms. The topological polar surface area (TPSA) is 43.4 Å². The minimum absolute atomic E-state index is 0.156. The summed E-state index contributed by atoms with van der Waals surface area (Å²) in [4.78, 5) is 22.7. The SMILES string of the molecule is CCCC(=O)OC(=O)Cc1cccc(C)c1C. The Balaban J connectivity index is 2.62. The average molecular weight is 234 g/mol. The second-order valence-corrected chi connectivity index (χ2v) is 4.13. The van der Waals surface area contributed by atoms with E-state index in [1.807, 2.05) is 39.0 Å². The average Bonchev–Trinajstić information content (AvgIpc) is 2.25. The Morgan fingerprint density at radius 3 is 2.53 bits per heavy atom. The van der Waals surface area contributed by atoms with E-state index in [4.69, 9.17) is 4.74 Å². The highest BCUT2D eigenvalue weighted by atomic mass is 16.6. The van der Waals surface area contributed by atoms with Crippen LogP contribution < -0.4 is 0 Å². The van der Waals surface area contributed by atoms with Gasteiger partial charge in [-0.3, -0.25) is 9.59 Å². The van der Waals surface area contributed by atoms with E-state index in [1.54, 1.807) is 0 Å². The lowest BCUT2D eigenvalue weighted by atomic mass is 10.0. The Morgan fingerprint density at radius 1 is 1.18 bits per heavy atom. The molecule has 0 aliphatic heterocycles. The van der Waals surface area contributed by atoms with Crippen molar-refractivity contribution in [3.63, 3.8) is 0 Å². The molecule has 0 aliphatic rings. The van der Waals surface area contributed by atoms with E-state index in [0.29, 0.717) is 12.8 Å². The lowest BCUT2D eigenvalue weighted by Gasteiger charge is -2.07. The van der Waals surface area contributed by atoms with Crippen molar-refractivity contribution in [3.8, 4) is 0 Å². The number of carbonyl (C=O) groups is 2. The zero-order valence-corrected chi connectivity index (χ0v) is 10.6. The molecule has 0 aromatic heterocycles. The van der Waals surface area contributed by atoms with Crippen molar-refractivity contribution < 1.29 is 14.3 Å². The van der Waals surface area contributed by atoms with Gasteiger partial charge in [0, 0.05) is 6.42 Å². The first-order valence-electron chi connectivity index (χ1n) is 5.83. The van der Waals surface area contributed by atoms with Gasteiger partial charge in [-0.25, -0.2) is 0 Å². The molecule has 0 N–H and O–H groups in total. The summed E-state index contributed by atoms with van der Waals surface area (Å²) in [6.07, 6.45) is 1.14. The molecule has 0 unspecified atom stereocenters. The number of carbonyl (C=O) groups excluding carboxylic acids is 2. The molecule has 0 radical (unpaired) electrons. The molecule has 0 heterocycles. The molecule has 0 fully saturated rings. The lowest BCUT2D eigenvalue weighted by Crippen LogP contribution is -2.14. The van der Waals surface area contributed by atoms with Crippen LogP contribution in [0.3, 0.4) is 0 Å². The Morgan fingerprint density at radius 2 is 1.88 bits per heavy atom. The van der Waals surface area contributed by atoms with Crippen LogP contribution in [0.2, 0.25) is 0 Å². The highest BCUT2D eigenvalue weighted by molar-refractivity contribution is 5.86. The highest BCUT2D eigenvalue weighted by Gasteiger charge is 2.12. The number of hydrogen-bond donors (Lipinski definition) is 0. The first kappa shape index (κ1) is 13.4. The van der Waals surface area contributed by atoms with E-state index < -0.39 is 11.9 Å². The van der Waals surface area contributed by atoms with Crippen LogP contribution >= 0.6 is 0 Å². The third-order valence-corrected chi connectivity index (χ3v) is 2.73. The van der Waals surface area contributed by atoms with Gasteiger partial charge in [0.2, 0.25) is 0 Å². The van der Waals surface area contributed by atoms with Gasteiger partial charge in [-0.2, -0.15) is 0 Å². The number of rotatable bonds is 4. The third kappa shape index (κ3) is 4.02. The van der Waals surface area contributed by atoms with Crippen LogP contribution in [-0.2, 0) is 20.7 Å². The van der Waals surface area contributed by atoms with Crippen molar-refractivity contribution in [2.24, 2.45) is 0 Å². The van der Waals surface area contributed by atoms with Crippen molar-refractivity contribution in [1.82, 2.24) is 0 Å². The van der Waals surface area contributed by atoms with Crippen molar-refractivity contribution in [1.29, 1.82) is 0 Å². The molecule has 0 amide bonds. The van der Waals surface area contributed by atoms with Gasteiger partial charge in [-0.05, 0) is 37.0 Å². The highest BCUT2D eigenvalue weighted by Crippen LogP contribution is 2.13. The minimum atomic E-state index is -0.475. The zero-order chi connectivity index (χ0) is 12.8. The maximum Gasteiger partial charge on any atom is 0.317 e.